The van der Waals surface area contributed by atoms with E-state index in [2.05, 4.69) is 26.8 Å². The molecule has 0 radical (unpaired) electrons. The van der Waals surface area contributed by atoms with Gasteiger partial charge in [0.15, 0.2) is 16.3 Å². The number of aromatic amines is 1. The quantitative estimate of drug-likeness (QED) is 0.377. The van der Waals surface area contributed by atoms with Crippen LogP contribution in [-0.4, -0.2) is 53.8 Å². The number of rotatable bonds is 7. The first-order valence-electron chi connectivity index (χ1n) is 10.9. The number of amides is 1. The number of aromatic nitrogens is 6. The van der Waals surface area contributed by atoms with E-state index in [4.69, 9.17) is 10.7 Å². The molecule has 12 heteroatoms. The minimum absolute atomic E-state index is 0.156. The van der Waals surface area contributed by atoms with E-state index < -0.39 is 11.2 Å². The van der Waals surface area contributed by atoms with Crippen LogP contribution in [0.25, 0.3) is 11.2 Å². The van der Waals surface area contributed by atoms with Gasteiger partial charge in [-0.2, -0.15) is 4.98 Å². The molecule has 0 saturated carbocycles. The molecule has 0 bridgehead atoms. The minimum Gasteiger partial charge on any atom is -0.369 e. The number of piperidine rings is 1. The summed E-state index contributed by atoms with van der Waals surface area (Å²) in [4.78, 5) is 54.4. The van der Waals surface area contributed by atoms with Crippen LogP contribution in [0.4, 0.5) is 5.95 Å². The molecule has 1 fully saturated rings. The van der Waals surface area contributed by atoms with Gasteiger partial charge in [-0.25, -0.2) is 14.8 Å². The molecule has 0 unspecified atom stereocenters. The van der Waals surface area contributed by atoms with Crippen LogP contribution in [0.15, 0.2) is 27.0 Å². The minimum atomic E-state index is -0.503. The summed E-state index contributed by atoms with van der Waals surface area (Å²) in [6.45, 7) is 5.75. The molecule has 0 aliphatic carbocycles. The Balaban J connectivity index is 1.64. The number of nitrogens with one attached hydrogen (secondary N) is 1. The molecule has 1 saturated heterocycles. The highest BCUT2D eigenvalue weighted by Gasteiger charge is 2.28. The highest BCUT2D eigenvalue weighted by atomic mass is 32.2. The van der Waals surface area contributed by atoms with Gasteiger partial charge in [0.2, 0.25) is 11.9 Å². The van der Waals surface area contributed by atoms with Crippen LogP contribution in [0.1, 0.15) is 25.5 Å². The van der Waals surface area contributed by atoms with Gasteiger partial charge >= 0.3 is 5.69 Å². The number of nitrogens with zero attached hydrogens (tertiary/aromatic N) is 6. The van der Waals surface area contributed by atoms with Gasteiger partial charge in [-0.05, 0) is 31.7 Å². The monoisotopic (exact) mass is 472 g/mol. The number of carbonyl (C=O) groups is 1. The third kappa shape index (κ3) is 4.80. The molecule has 11 nitrogen and oxygen atoms in total. The van der Waals surface area contributed by atoms with Crippen molar-refractivity contribution in [3.8, 4) is 0 Å². The molecule has 1 amide bonds. The fraction of sp³-hybridized carbons (Fsp3) is 0.524. The summed E-state index contributed by atoms with van der Waals surface area (Å²) >= 11 is 1.56. The van der Waals surface area contributed by atoms with Crippen LogP contribution < -0.4 is 21.9 Å². The molecule has 3 aromatic rings. The van der Waals surface area contributed by atoms with Crippen molar-refractivity contribution in [1.82, 2.24) is 29.1 Å². The number of primary amides is 1. The number of aryl methyl sites for hydroxylation is 2. The van der Waals surface area contributed by atoms with Gasteiger partial charge in [-0.1, -0.05) is 18.7 Å². The second kappa shape index (κ2) is 9.38. The Hall–Kier alpha value is -3.15. The number of H-pyrrole nitrogens is 1. The van der Waals surface area contributed by atoms with Crippen molar-refractivity contribution in [2.24, 2.45) is 24.6 Å². The zero-order chi connectivity index (χ0) is 23.7. The average molecular weight is 473 g/mol. The molecule has 3 aromatic heterocycles. The molecule has 1 aliphatic rings. The highest BCUT2D eigenvalue weighted by molar-refractivity contribution is 7.99. The lowest BCUT2D eigenvalue weighted by Gasteiger charge is -2.32. The first-order valence-corrected chi connectivity index (χ1v) is 11.9. The van der Waals surface area contributed by atoms with E-state index in [9.17, 15) is 14.4 Å². The first-order chi connectivity index (χ1) is 15.7. The normalized spacial score (nSPS) is 15.8. The fourth-order valence-corrected chi connectivity index (χ4v) is 4.96. The Morgan fingerprint density at radius 3 is 2.70 bits per heavy atom. The van der Waals surface area contributed by atoms with Crippen molar-refractivity contribution in [3.63, 3.8) is 0 Å². The van der Waals surface area contributed by atoms with Gasteiger partial charge in [0, 0.05) is 50.2 Å². The van der Waals surface area contributed by atoms with E-state index >= 15 is 0 Å². The Morgan fingerprint density at radius 1 is 1.30 bits per heavy atom. The summed E-state index contributed by atoms with van der Waals surface area (Å²) < 4.78 is 3.24. The zero-order valence-corrected chi connectivity index (χ0v) is 19.8. The van der Waals surface area contributed by atoms with Gasteiger partial charge in [0.05, 0.1) is 0 Å². The summed E-state index contributed by atoms with van der Waals surface area (Å²) in [7, 11) is 1.59. The van der Waals surface area contributed by atoms with Crippen molar-refractivity contribution < 1.29 is 4.79 Å². The van der Waals surface area contributed by atoms with Crippen molar-refractivity contribution in [3.05, 3.63) is 38.8 Å². The zero-order valence-electron chi connectivity index (χ0n) is 18.9. The van der Waals surface area contributed by atoms with Crippen LogP contribution >= 0.6 is 11.8 Å². The lowest BCUT2D eigenvalue weighted by molar-refractivity contribution is -0.122. The summed E-state index contributed by atoms with van der Waals surface area (Å²) in [6, 6.07) is 1.86. The molecule has 0 aromatic carbocycles. The van der Waals surface area contributed by atoms with E-state index in [0.717, 1.165) is 11.4 Å². The van der Waals surface area contributed by atoms with Gasteiger partial charge in [-0.3, -0.25) is 19.1 Å². The van der Waals surface area contributed by atoms with E-state index in [1.807, 2.05) is 17.6 Å². The maximum absolute atomic E-state index is 12.8. The predicted molar refractivity (Wildman–Crippen MR) is 126 cm³/mol. The maximum Gasteiger partial charge on any atom is 0.329 e. The highest BCUT2D eigenvalue weighted by Crippen LogP contribution is 2.27. The van der Waals surface area contributed by atoms with Crippen LogP contribution in [-0.2, 0) is 18.4 Å². The lowest BCUT2D eigenvalue weighted by Crippen LogP contribution is -2.40. The topological polar surface area (TPSA) is 145 Å². The second-order valence-electron chi connectivity index (χ2n) is 8.57. The SMILES string of the molecule is Cc1ccnc(SC[C@H](C)Cn2c(N3CCC(C(N)=O)CC3)nc3c2c(=O)[nH]c(=O)n3C)n1. The number of hydrogen-bond donors (Lipinski definition) is 2. The lowest BCUT2D eigenvalue weighted by atomic mass is 9.96. The van der Waals surface area contributed by atoms with Crippen molar-refractivity contribution >= 4 is 34.8 Å². The average Bonchev–Trinajstić information content (AvgIpc) is 3.16. The standard InChI is InChI=1S/C21H28N8O3S/c1-12(11-33-19-23-7-4-13(2)24-19)10-29-15-17(27(3)21(32)26-18(15)31)25-20(29)28-8-5-14(6-9-28)16(22)30/h4,7,12,14H,5-6,8-11H2,1-3H3,(H2,22,30)(H,26,31,32)/t12-/m1/s1. The van der Waals surface area contributed by atoms with E-state index in [1.54, 1.807) is 25.0 Å². The molecule has 176 valence electrons. The van der Waals surface area contributed by atoms with Crippen LogP contribution in [0.3, 0.4) is 0 Å². The summed E-state index contributed by atoms with van der Waals surface area (Å²) in [6.07, 6.45) is 3.00. The third-order valence-corrected chi connectivity index (χ3v) is 7.12. The molecular weight excluding hydrogens is 444 g/mol. The molecule has 33 heavy (non-hydrogen) atoms. The van der Waals surface area contributed by atoms with E-state index in [-0.39, 0.29) is 17.7 Å². The Kier molecular flexibility index (Phi) is 6.54. The summed E-state index contributed by atoms with van der Waals surface area (Å²) in [5.74, 6) is 1.09. The maximum atomic E-state index is 12.8. The summed E-state index contributed by atoms with van der Waals surface area (Å²) in [5, 5.41) is 0.714. The van der Waals surface area contributed by atoms with E-state index in [0.29, 0.717) is 54.7 Å². The van der Waals surface area contributed by atoms with Crippen molar-refractivity contribution in [2.45, 2.75) is 38.4 Å². The second-order valence-corrected chi connectivity index (χ2v) is 9.56. The molecule has 3 N–H and O–H groups in total. The molecule has 4 heterocycles. The Morgan fingerprint density at radius 2 is 2.03 bits per heavy atom. The smallest absolute Gasteiger partial charge is 0.329 e. The van der Waals surface area contributed by atoms with Gasteiger partial charge in [0.1, 0.15) is 0 Å². The van der Waals surface area contributed by atoms with Crippen molar-refractivity contribution in [2.75, 3.05) is 23.7 Å². The van der Waals surface area contributed by atoms with Crippen LogP contribution in [0.2, 0.25) is 0 Å². The number of carbonyl (C=O) groups excluding carboxylic acids is 1. The van der Waals surface area contributed by atoms with Crippen LogP contribution in [0.5, 0.6) is 0 Å². The molecule has 1 aliphatic heterocycles. The van der Waals surface area contributed by atoms with Gasteiger partial charge < -0.3 is 15.2 Å². The number of nitrogens with two attached hydrogens (primary N) is 1. The fourth-order valence-electron chi connectivity index (χ4n) is 4.08. The number of fused-ring (bicyclic) bond motifs is 1. The predicted octanol–water partition coefficient (Wildman–Crippen LogP) is 0.652. The molecule has 0 spiro atoms. The first kappa shape index (κ1) is 23.0. The number of anilines is 1. The molecule has 4 rings (SSSR count). The van der Waals surface area contributed by atoms with E-state index in [1.165, 1.54) is 4.57 Å². The summed E-state index contributed by atoms with van der Waals surface area (Å²) in [5.41, 5.74) is 6.15. The number of hydrogen-bond acceptors (Lipinski definition) is 8. The van der Waals surface area contributed by atoms with Crippen molar-refractivity contribution in [1.29, 1.82) is 0 Å². The third-order valence-electron chi connectivity index (χ3n) is 5.93. The number of thioether (sulfide) groups is 1. The largest absolute Gasteiger partial charge is 0.369 e. The molecule has 1 atom stereocenters. The van der Waals surface area contributed by atoms with Gasteiger partial charge in [0.25, 0.3) is 5.56 Å². The number of imidazole rings is 1. The van der Waals surface area contributed by atoms with Crippen LogP contribution in [0, 0.1) is 18.8 Å². The Labute approximate surface area is 194 Å². The molecular formula is C21H28N8O3S. The Bertz CT molecular complexity index is 1290. The van der Waals surface area contributed by atoms with Gasteiger partial charge in [-0.15, -0.1) is 0 Å².